The number of benzene rings is 6. The summed E-state index contributed by atoms with van der Waals surface area (Å²) in [5.74, 6) is 3.11. The normalized spacial score (nSPS) is 26.0. The third-order valence-corrected chi connectivity index (χ3v) is 16.3. The summed E-state index contributed by atoms with van der Waals surface area (Å²) in [6.07, 6.45) is 9.34. The van der Waals surface area contributed by atoms with Crippen LogP contribution in [0.3, 0.4) is 0 Å². The first-order valence-electron chi connectivity index (χ1n) is 21.3. The van der Waals surface area contributed by atoms with E-state index in [1.165, 1.54) is 105 Å². The van der Waals surface area contributed by atoms with Gasteiger partial charge in [0.2, 0.25) is 0 Å². The first kappa shape index (κ1) is 34.7. The van der Waals surface area contributed by atoms with Crippen LogP contribution in [0.25, 0.3) is 22.3 Å². The maximum atomic E-state index is 2.68. The first-order valence-corrected chi connectivity index (χ1v) is 22.1. The molecule has 1 nitrogen and oxygen atoms in total. The maximum Gasteiger partial charge on any atom is 0.0465 e. The van der Waals surface area contributed by atoms with Gasteiger partial charge in [0, 0.05) is 32.3 Å². The van der Waals surface area contributed by atoms with Crippen LogP contribution in [0.15, 0.2) is 149 Å². The number of nitrogens with zero attached hydrogens (tertiary/aromatic N) is 1. The van der Waals surface area contributed by atoms with Gasteiger partial charge in [-0.05, 0) is 172 Å². The summed E-state index contributed by atoms with van der Waals surface area (Å²) in [5.41, 5.74) is 15.6. The van der Waals surface area contributed by atoms with Gasteiger partial charge < -0.3 is 4.90 Å². The molecule has 6 aromatic rings. The quantitative estimate of drug-likeness (QED) is 0.173. The van der Waals surface area contributed by atoms with Crippen LogP contribution in [0.5, 0.6) is 0 Å². The molecule has 2 heteroatoms. The van der Waals surface area contributed by atoms with E-state index in [1.54, 1.807) is 11.1 Å². The lowest BCUT2D eigenvalue weighted by Crippen LogP contribution is -2.57. The van der Waals surface area contributed by atoms with Crippen molar-refractivity contribution in [2.45, 2.75) is 98.7 Å². The SMILES string of the molecule is CC1(C)CCC(C)(C)c2cc(N(c3ccc(-c4ccccc4)cc3)c3ccc4c(c3)C3(c5c(cccc5-c5ccccc5)S4)C4CC5CC(C4)CC3C5)ccc21. The zero-order valence-corrected chi connectivity index (χ0v) is 34.2. The minimum atomic E-state index is 0.0104. The molecule has 1 spiro atoms. The maximum absolute atomic E-state index is 2.68. The topological polar surface area (TPSA) is 3.24 Å². The van der Waals surface area contributed by atoms with Crippen molar-refractivity contribution in [1.82, 2.24) is 0 Å². The molecule has 4 fully saturated rings. The van der Waals surface area contributed by atoms with Crippen molar-refractivity contribution in [2.75, 3.05) is 4.90 Å². The van der Waals surface area contributed by atoms with Crippen LogP contribution in [0, 0.1) is 23.7 Å². The van der Waals surface area contributed by atoms with Gasteiger partial charge in [0.05, 0.1) is 0 Å². The lowest BCUT2D eigenvalue weighted by molar-refractivity contribution is -0.0441. The van der Waals surface area contributed by atoms with Crippen molar-refractivity contribution in [1.29, 1.82) is 0 Å². The molecule has 0 saturated heterocycles. The lowest BCUT2D eigenvalue weighted by atomic mass is 9.41. The molecule has 5 aliphatic carbocycles. The summed E-state index contributed by atoms with van der Waals surface area (Å²) < 4.78 is 0. The van der Waals surface area contributed by atoms with Gasteiger partial charge in [0.25, 0.3) is 0 Å². The second-order valence-corrected chi connectivity index (χ2v) is 20.3. The summed E-state index contributed by atoms with van der Waals surface area (Å²) in [6.45, 7) is 9.79. The summed E-state index contributed by atoms with van der Waals surface area (Å²) >= 11 is 2.02. The van der Waals surface area contributed by atoms with E-state index in [4.69, 9.17) is 0 Å². The highest BCUT2D eigenvalue weighted by molar-refractivity contribution is 7.99. The van der Waals surface area contributed by atoms with Gasteiger partial charge in [-0.1, -0.05) is 130 Å². The second kappa shape index (κ2) is 12.7. The Kier molecular flexibility index (Phi) is 7.89. The smallest absolute Gasteiger partial charge is 0.0465 e. The number of hydrogen-bond donors (Lipinski definition) is 0. The van der Waals surface area contributed by atoms with E-state index in [0.717, 1.165) is 11.8 Å². The molecule has 56 heavy (non-hydrogen) atoms. The molecule has 0 unspecified atom stereocenters. The van der Waals surface area contributed by atoms with E-state index in [-0.39, 0.29) is 16.2 Å². The monoisotopic (exact) mass is 747 g/mol. The summed E-state index contributed by atoms with van der Waals surface area (Å²) in [7, 11) is 0. The van der Waals surface area contributed by atoms with Gasteiger partial charge in [-0.15, -0.1) is 0 Å². The highest BCUT2D eigenvalue weighted by Gasteiger charge is 2.61. The van der Waals surface area contributed by atoms with Crippen LogP contribution in [0.2, 0.25) is 0 Å². The van der Waals surface area contributed by atoms with Crippen molar-refractivity contribution in [3.05, 3.63) is 162 Å². The Morgan fingerprint density at radius 3 is 1.68 bits per heavy atom. The number of fused-ring (bicyclic) bond motifs is 3. The molecule has 0 amide bonds. The zero-order chi connectivity index (χ0) is 37.8. The molecule has 0 N–H and O–H groups in total. The molecule has 4 bridgehead atoms. The highest BCUT2D eigenvalue weighted by atomic mass is 32.2. The van der Waals surface area contributed by atoms with Gasteiger partial charge in [-0.3, -0.25) is 0 Å². The third kappa shape index (κ3) is 5.27. The van der Waals surface area contributed by atoms with Crippen LogP contribution in [0.4, 0.5) is 17.1 Å². The molecular weight excluding hydrogens is 695 g/mol. The van der Waals surface area contributed by atoms with Crippen molar-refractivity contribution in [3.8, 4) is 22.3 Å². The Balaban J connectivity index is 1.13. The van der Waals surface area contributed by atoms with Crippen LogP contribution in [-0.4, -0.2) is 0 Å². The van der Waals surface area contributed by atoms with Gasteiger partial charge in [-0.2, -0.15) is 0 Å². The molecule has 0 aromatic heterocycles. The molecular formula is C54H53NS. The van der Waals surface area contributed by atoms with Crippen LogP contribution < -0.4 is 4.90 Å². The van der Waals surface area contributed by atoms with Gasteiger partial charge in [0.15, 0.2) is 0 Å². The fourth-order valence-corrected chi connectivity index (χ4v) is 13.8. The van der Waals surface area contributed by atoms with Crippen molar-refractivity contribution >= 4 is 28.8 Å². The molecule has 280 valence electrons. The summed E-state index contributed by atoms with van der Waals surface area (Å²) in [4.78, 5) is 5.53. The zero-order valence-electron chi connectivity index (χ0n) is 33.4. The lowest BCUT2D eigenvalue weighted by Gasteiger charge is -2.63. The predicted octanol–water partition coefficient (Wildman–Crippen LogP) is 15.0. The third-order valence-electron chi connectivity index (χ3n) is 15.2. The number of anilines is 3. The minimum Gasteiger partial charge on any atom is -0.310 e. The van der Waals surface area contributed by atoms with E-state index in [9.17, 15) is 0 Å². The van der Waals surface area contributed by atoms with Crippen LogP contribution in [0.1, 0.15) is 94.9 Å². The Labute approximate surface area is 338 Å². The summed E-state index contributed by atoms with van der Waals surface area (Å²) in [6, 6.07) is 53.7. The fourth-order valence-electron chi connectivity index (χ4n) is 12.6. The van der Waals surface area contributed by atoms with E-state index in [2.05, 4.69) is 172 Å². The molecule has 4 saturated carbocycles. The number of rotatable bonds is 5. The second-order valence-electron chi connectivity index (χ2n) is 19.2. The average Bonchev–Trinajstić information content (AvgIpc) is 3.22. The van der Waals surface area contributed by atoms with E-state index in [0.29, 0.717) is 11.8 Å². The van der Waals surface area contributed by atoms with E-state index >= 15 is 0 Å². The molecule has 6 aromatic carbocycles. The highest BCUT2D eigenvalue weighted by Crippen LogP contribution is 2.70. The fraction of sp³-hybridized carbons (Fsp3) is 0.333. The first-order chi connectivity index (χ1) is 27.2. The Hall–Kier alpha value is -4.53. The standard InChI is InChI=1S/C54H53NS/c1-52(2)26-27-53(3,4)47-33-43(22-24-46(47)52)55(42-20-18-38(19-21-42)37-12-7-5-8-13-37)44-23-25-49-48(34-44)54(40-29-35-28-36(31-40)32-41(54)30-35)51-45(16-11-17-50(51)56-49)39-14-9-6-10-15-39/h5-25,33-36,40-41H,26-32H2,1-4H3. The molecule has 0 radical (unpaired) electrons. The van der Waals surface area contributed by atoms with Gasteiger partial charge in [0.1, 0.15) is 0 Å². The van der Waals surface area contributed by atoms with Gasteiger partial charge in [-0.25, -0.2) is 0 Å². The Bertz CT molecular complexity index is 2430. The minimum absolute atomic E-state index is 0.0104. The molecule has 12 rings (SSSR count). The van der Waals surface area contributed by atoms with Crippen molar-refractivity contribution < 1.29 is 0 Å². The number of hydrogen-bond acceptors (Lipinski definition) is 2. The van der Waals surface area contributed by atoms with Crippen LogP contribution >= 0.6 is 11.8 Å². The summed E-state index contributed by atoms with van der Waals surface area (Å²) in [5, 5.41) is 0. The van der Waals surface area contributed by atoms with Gasteiger partial charge >= 0.3 is 0 Å². The molecule has 0 atom stereocenters. The predicted molar refractivity (Wildman–Crippen MR) is 236 cm³/mol. The van der Waals surface area contributed by atoms with Crippen molar-refractivity contribution in [2.24, 2.45) is 23.7 Å². The van der Waals surface area contributed by atoms with E-state index in [1.807, 2.05) is 11.8 Å². The average molecular weight is 748 g/mol. The van der Waals surface area contributed by atoms with Crippen molar-refractivity contribution in [3.63, 3.8) is 0 Å². The Morgan fingerprint density at radius 1 is 0.464 bits per heavy atom. The van der Waals surface area contributed by atoms with E-state index < -0.39 is 0 Å². The molecule has 1 heterocycles. The molecule has 6 aliphatic rings. The van der Waals surface area contributed by atoms with Crippen LogP contribution in [-0.2, 0) is 16.2 Å². The molecule has 1 aliphatic heterocycles. The largest absolute Gasteiger partial charge is 0.310 e. The Morgan fingerprint density at radius 2 is 1.02 bits per heavy atom.